The van der Waals surface area contributed by atoms with E-state index in [0.717, 1.165) is 23.0 Å². The molecule has 0 aliphatic heterocycles. The summed E-state index contributed by atoms with van der Waals surface area (Å²) in [6, 6.07) is 6.55. The summed E-state index contributed by atoms with van der Waals surface area (Å²) >= 11 is 3.48. The molecule has 1 aromatic rings. The summed E-state index contributed by atoms with van der Waals surface area (Å²) < 4.78 is 1.11. The minimum Gasteiger partial charge on any atom is -0.385 e. The van der Waals surface area contributed by atoms with E-state index in [1.54, 1.807) is 0 Å². The summed E-state index contributed by atoms with van der Waals surface area (Å²) in [5.74, 6) is 0.160. The van der Waals surface area contributed by atoms with Gasteiger partial charge >= 0.3 is 0 Å². The molecule has 1 saturated carbocycles. The van der Waals surface area contributed by atoms with Gasteiger partial charge < -0.3 is 10.6 Å². The van der Waals surface area contributed by atoms with Crippen LogP contribution in [0.4, 0.5) is 5.69 Å². The Hall–Kier alpha value is -1.03. The van der Waals surface area contributed by atoms with Gasteiger partial charge in [-0.1, -0.05) is 28.8 Å². The molecule has 3 nitrogen and oxygen atoms in total. The minimum atomic E-state index is 0.160. The lowest BCUT2D eigenvalue weighted by Gasteiger charge is -2.12. The smallest absolute Gasteiger partial charge is 0.221 e. The predicted octanol–water partition coefficient (Wildman–Crippen LogP) is 3.62. The molecule has 1 fully saturated rings. The number of aryl methyl sites for hydroxylation is 1. The number of hydrogen-bond donors (Lipinski definition) is 2. The van der Waals surface area contributed by atoms with Gasteiger partial charge in [-0.2, -0.15) is 0 Å². The van der Waals surface area contributed by atoms with Gasteiger partial charge in [0.15, 0.2) is 0 Å². The Morgan fingerprint density at radius 1 is 1.37 bits per heavy atom. The summed E-state index contributed by atoms with van der Waals surface area (Å²) in [6.07, 6.45) is 5.32. The van der Waals surface area contributed by atoms with Gasteiger partial charge in [-0.15, -0.1) is 0 Å². The quantitative estimate of drug-likeness (QED) is 0.868. The van der Waals surface area contributed by atoms with Crippen LogP contribution in [0.15, 0.2) is 22.7 Å². The first-order valence-corrected chi connectivity index (χ1v) is 7.74. The molecule has 2 N–H and O–H groups in total. The van der Waals surface area contributed by atoms with Crippen LogP contribution in [-0.2, 0) is 4.79 Å². The largest absolute Gasteiger partial charge is 0.385 e. The van der Waals surface area contributed by atoms with E-state index in [0.29, 0.717) is 19.0 Å². The van der Waals surface area contributed by atoms with E-state index in [1.165, 1.54) is 18.4 Å². The van der Waals surface area contributed by atoms with Crippen molar-refractivity contribution in [2.75, 3.05) is 11.9 Å². The van der Waals surface area contributed by atoms with Gasteiger partial charge in [0.2, 0.25) is 5.91 Å². The third kappa shape index (κ3) is 4.53. The van der Waals surface area contributed by atoms with Gasteiger partial charge in [-0.05, 0) is 43.5 Å². The van der Waals surface area contributed by atoms with Crippen molar-refractivity contribution in [1.82, 2.24) is 5.32 Å². The van der Waals surface area contributed by atoms with Gasteiger partial charge in [0, 0.05) is 29.2 Å². The van der Waals surface area contributed by atoms with Crippen molar-refractivity contribution in [1.29, 1.82) is 0 Å². The molecule has 1 amide bonds. The van der Waals surface area contributed by atoms with E-state index in [2.05, 4.69) is 39.6 Å². The minimum absolute atomic E-state index is 0.160. The number of carbonyl (C=O) groups is 1. The highest BCUT2D eigenvalue weighted by molar-refractivity contribution is 9.10. The summed E-state index contributed by atoms with van der Waals surface area (Å²) in [6.45, 7) is 2.74. The Kier molecular flexibility index (Phi) is 5.25. The third-order valence-electron chi connectivity index (χ3n) is 3.56. The fraction of sp³-hybridized carbons (Fsp3) is 0.533. The van der Waals surface area contributed by atoms with E-state index >= 15 is 0 Å². The second-order valence-electron chi connectivity index (χ2n) is 5.19. The van der Waals surface area contributed by atoms with Crippen LogP contribution >= 0.6 is 15.9 Å². The average molecular weight is 325 g/mol. The lowest BCUT2D eigenvalue weighted by molar-refractivity contribution is -0.121. The van der Waals surface area contributed by atoms with Gasteiger partial charge in [0.1, 0.15) is 0 Å². The summed E-state index contributed by atoms with van der Waals surface area (Å²) in [7, 11) is 0. The zero-order valence-electron chi connectivity index (χ0n) is 11.3. The molecule has 0 heterocycles. The number of halogens is 1. The number of anilines is 1. The molecule has 1 aliphatic rings. The van der Waals surface area contributed by atoms with Gasteiger partial charge in [0.05, 0.1) is 0 Å². The number of rotatable bonds is 5. The Balaban J connectivity index is 1.70. The zero-order chi connectivity index (χ0) is 13.7. The molecule has 0 bridgehead atoms. The van der Waals surface area contributed by atoms with Crippen LogP contribution in [0.3, 0.4) is 0 Å². The van der Waals surface area contributed by atoms with E-state index in [4.69, 9.17) is 0 Å². The van der Waals surface area contributed by atoms with Crippen LogP contribution in [0.1, 0.15) is 37.7 Å². The SMILES string of the molecule is Cc1cc(NCCC(=O)NC2CCCC2)ccc1Br. The van der Waals surface area contributed by atoms with Crippen molar-refractivity contribution in [3.05, 3.63) is 28.2 Å². The third-order valence-corrected chi connectivity index (χ3v) is 4.45. The molecule has 0 atom stereocenters. The number of amides is 1. The standard InChI is InChI=1S/C15H21BrN2O/c1-11-10-13(6-7-14(11)16)17-9-8-15(19)18-12-4-2-3-5-12/h6-7,10,12,17H,2-5,8-9H2,1H3,(H,18,19). The van der Waals surface area contributed by atoms with Crippen LogP contribution in [0.5, 0.6) is 0 Å². The molecule has 0 saturated heterocycles. The second kappa shape index (κ2) is 6.94. The van der Waals surface area contributed by atoms with Gasteiger partial charge in [-0.25, -0.2) is 0 Å². The van der Waals surface area contributed by atoms with Crippen LogP contribution in [0.25, 0.3) is 0 Å². The highest BCUT2D eigenvalue weighted by Crippen LogP contribution is 2.20. The fourth-order valence-electron chi connectivity index (χ4n) is 2.45. The van der Waals surface area contributed by atoms with E-state index < -0.39 is 0 Å². The second-order valence-corrected chi connectivity index (χ2v) is 6.04. The monoisotopic (exact) mass is 324 g/mol. The van der Waals surface area contributed by atoms with Crippen molar-refractivity contribution < 1.29 is 4.79 Å². The molecule has 1 aromatic carbocycles. The van der Waals surface area contributed by atoms with Crippen molar-refractivity contribution in [2.45, 2.75) is 45.1 Å². The van der Waals surface area contributed by atoms with E-state index in [1.807, 2.05) is 12.1 Å². The van der Waals surface area contributed by atoms with Crippen molar-refractivity contribution in [3.63, 3.8) is 0 Å². The summed E-state index contributed by atoms with van der Waals surface area (Å²) in [5.41, 5.74) is 2.26. The Bertz CT molecular complexity index is 442. The molecule has 19 heavy (non-hydrogen) atoms. The van der Waals surface area contributed by atoms with Crippen molar-refractivity contribution >= 4 is 27.5 Å². The van der Waals surface area contributed by atoms with Gasteiger partial charge in [0.25, 0.3) is 0 Å². The first-order chi connectivity index (χ1) is 9.15. The van der Waals surface area contributed by atoms with Crippen LogP contribution in [0.2, 0.25) is 0 Å². The van der Waals surface area contributed by atoms with Crippen LogP contribution < -0.4 is 10.6 Å². The van der Waals surface area contributed by atoms with E-state index in [-0.39, 0.29) is 5.91 Å². The average Bonchev–Trinajstić information content (AvgIpc) is 2.86. The molecule has 104 valence electrons. The lowest BCUT2D eigenvalue weighted by atomic mass is 10.2. The topological polar surface area (TPSA) is 41.1 Å². The van der Waals surface area contributed by atoms with Crippen molar-refractivity contribution in [2.24, 2.45) is 0 Å². The molecule has 0 unspecified atom stereocenters. The van der Waals surface area contributed by atoms with Gasteiger partial charge in [-0.3, -0.25) is 4.79 Å². The zero-order valence-corrected chi connectivity index (χ0v) is 12.9. The molecule has 0 radical (unpaired) electrons. The maximum atomic E-state index is 11.8. The number of nitrogens with one attached hydrogen (secondary N) is 2. The molecule has 1 aliphatic carbocycles. The molecule has 0 spiro atoms. The summed E-state index contributed by atoms with van der Waals surface area (Å²) in [4.78, 5) is 11.8. The normalized spacial score (nSPS) is 15.5. The van der Waals surface area contributed by atoms with Crippen LogP contribution in [-0.4, -0.2) is 18.5 Å². The first kappa shape index (κ1) is 14.4. The number of benzene rings is 1. The molecule has 0 aromatic heterocycles. The Morgan fingerprint density at radius 3 is 2.79 bits per heavy atom. The Labute approximate surface area is 123 Å². The number of hydrogen-bond acceptors (Lipinski definition) is 2. The highest BCUT2D eigenvalue weighted by atomic mass is 79.9. The van der Waals surface area contributed by atoms with Crippen molar-refractivity contribution in [3.8, 4) is 0 Å². The molecular formula is C15H21BrN2O. The molecule has 4 heteroatoms. The number of carbonyl (C=O) groups excluding carboxylic acids is 1. The summed E-state index contributed by atoms with van der Waals surface area (Å²) in [5, 5.41) is 6.39. The first-order valence-electron chi connectivity index (χ1n) is 6.94. The predicted molar refractivity (Wildman–Crippen MR) is 82.4 cm³/mol. The maximum absolute atomic E-state index is 11.8. The molecule has 2 rings (SSSR count). The fourth-order valence-corrected chi connectivity index (χ4v) is 2.69. The van der Waals surface area contributed by atoms with E-state index in [9.17, 15) is 4.79 Å². The highest BCUT2D eigenvalue weighted by Gasteiger charge is 2.16. The Morgan fingerprint density at radius 2 is 2.11 bits per heavy atom. The maximum Gasteiger partial charge on any atom is 0.221 e. The van der Waals surface area contributed by atoms with Crippen LogP contribution in [0, 0.1) is 6.92 Å². The lowest BCUT2D eigenvalue weighted by Crippen LogP contribution is -2.33. The molecular weight excluding hydrogens is 304 g/mol.